The summed E-state index contributed by atoms with van der Waals surface area (Å²) in [5, 5.41) is 9.80. The standard InChI is InChI=1S/C13H12N2O.CH3Br/c1-10(16)8-15-9-11(6-7-14)12-4-2-3-5-13(12)15;1-2/h2-5,9H,6,8H2,1H3;1H3. The van der Waals surface area contributed by atoms with E-state index in [1.807, 2.05) is 40.9 Å². The van der Waals surface area contributed by atoms with Crippen molar-refractivity contribution in [2.75, 3.05) is 5.83 Å². The molecule has 3 nitrogen and oxygen atoms in total. The molecule has 2 aromatic rings. The van der Waals surface area contributed by atoms with E-state index in [4.69, 9.17) is 5.26 Å². The van der Waals surface area contributed by atoms with Gasteiger partial charge in [0.25, 0.3) is 0 Å². The second-order valence-corrected chi connectivity index (χ2v) is 3.84. The highest BCUT2D eigenvalue weighted by Crippen LogP contribution is 2.21. The third kappa shape index (κ3) is 3.21. The number of alkyl halides is 1. The van der Waals surface area contributed by atoms with Gasteiger partial charge in [-0.25, -0.2) is 0 Å². The van der Waals surface area contributed by atoms with Gasteiger partial charge in [0, 0.05) is 17.1 Å². The molecule has 0 N–H and O–H groups in total. The van der Waals surface area contributed by atoms with Gasteiger partial charge in [0.1, 0.15) is 5.78 Å². The second-order valence-electron chi connectivity index (χ2n) is 3.84. The van der Waals surface area contributed by atoms with E-state index < -0.39 is 0 Å². The minimum Gasteiger partial charge on any atom is -0.340 e. The first kappa shape index (κ1) is 14.5. The molecule has 4 heteroatoms. The van der Waals surface area contributed by atoms with Crippen LogP contribution in [0.25, 0.3) is 10.9 Å². The first-order valence-corrected chi connectivity index (χ1v) is 7.12. The van der Waals surface area contributed by atoms with E-state index in [9.17, 15) is 4.79 Å². The number of aromatic nitrogens is 1. The number of fused-ring (bicyclic) bond motifs is 1. The van der Waals surface area contributed by atoms with Crippen molar-refractivity contribution < 1.29 is 4.79 Å². The number of Topliss-reactive ketones (excluding diaryl/α,β-unsaturated/α-hetero) is 1. The van der Waals surface area contributed by atoms with Gasteiger partial charge in [0.15, 0.2) is 0 Å². The van der Waals surface area contributed by atoms with Crippen LogP contribution in [-0.4, -0.2) is 16.2 Å². The molecule has 18 heavy (non-hydrogen) atoms. The predicted octanol–water partition coefficient (Wildman–Crippen LogP) is 3.31. The van der Waals surface area contributed by atoms with Gasteiger partial charge in [0.05, 0.1) is 19.0 Å². The minimum atomic E-state index is 0.115. The number of carbonyl (C=O) groups excluding carboxylic acids is 1. The topological polar surface area (TPSA) is 45.8 Å². The summed E-state index contributed by atoms with van der Waals surface area (Å²) in [5.41, 5.74) is 2.00. The van der Waals surface area contributed by atoms with Crippen LogP contribution in [0.1, 0.15) is 12.5 Å². The first-order chi connectivity index (χ1) is 8.72. The van der Waals surface area contributed by atoms with Gasteiger partial charge in [0.2, 0.25) is 0 Å². The van der Waals surface area contributed by atoms with Crippen molar-refractivity contribution in [3.05, 3.63) is 36.0 Å². The van der Waals surface area contributed by atoms with Crippen LogP contribution in [0.4, 0.5) is 0 Å². The number of hydrogen-bond donors (Lipinski definition) is 0. The molecule has 2 rings (SSSR count). The Kier molecular flexibility index (Phi) is 5.60. The number of ketones is 1. The van der Waals surface area contributed by atoms with E-state index in [-0.39, 0.29) is 5.78 Å². The summed E-state index contributed by atoms with van der Waals surface area (Å²) in [6, 6.07) is 9.99. The number of halogens is 1. The van der Waals surface area contributed by atoms with Crippen LogP contribution in [0.2, 0.25) is 0 Å². The van der Waals surface area contributed by atoms with Gasteiger partial charge in [-0.05, 0) is 24.4 Å². The van der Waals surface area contributed by atoms with E-state index in [2.05, 4.69) is 22.0 Å². The number of benzene rings is 1. The second kappa shape index (κ2) is 6.97. The molecule has 0 spiro atoms. The summed E-state index contributed by atoms with van der Waals surface area (Å²) >= 11 is 2.94. The summed E-state index contributed by atoms with van der Waals surface area (Å²) in [7, 11) is 0. The molecule has 0 unspecified atom stereocenters. The number of hydrogen-bond acceptors (Lipinski definition) is 2. The highest BCUT2D eigenvalue weighted by Gasteiger charge is 2.08. The van der Waals surface area contributed by atoms with Crippen LogP contribution >= 0.6 is 15.9 Å². The monoisotopic (exact) mass is 306 g/mol. The lowest BCUT2D eigenvalue weighted by molar-refractivity contribution is -0.117. The highest BCUT2D eigenvalue weighted by atomic mass is 79.9. The average Bonchev–Trinajstić information content (AvgIpc) is 2.71. The van der Waals surface area contributed by atoms with Crippen molar-refractivity contribution >= 4 is 32.6 Å². The summed E-state index contributed by atoms with van der Waals surface area (Å²) in [6.07, 6.45) is 2.28. The van der Waals surface area contributed by atoms with Gasteiger partial charge in [-0.15, -0.1) is 0 Å². The molecular formula is C14H15BrN2O. The van der Waals surface area contributed by atoms with Crippen LogP contribution < -0.4 is 0 Å². The van der Waals surface area contributed by atoms with Crippen LogP contribution in [0.5, 0.6) is 0 Å². The highest BCUT2D eigenvalue weighted by molar-refractivity contribution is 9.08. The Balaban J connectivity index is 0.000000771. The van der Waals surface area contributed by atoms with Crippen LogP contribution in [0.15, 0.2) is 30.5 Å². The Hall–Kier alpha value is -1.60. The summed E-state index contributed by atoms with van der Waals surface area (Å²) in [4.78, 5) is 11.1. The number of nitrogens with zero attached hydrogens (tertiary/aromatic N) is 2. The Bertz CT molecular complexity index is 581. The molecule has 0 radical (unpaired) electrons. The van der Waals surface area contributed by atoms with Crippen LogP contribution in [0, 0.1) is 11.3 Å². The van der Waals surface area contributed by atoms with Crippen molar-refractivity contribution in [3.63, 3.8) is 0 Å². The number of rotatable bonds is 3. The molecule has 0 saturated heterocycles. The number of nitriles is 1. The Morgan fingerprint density at radius 3 is 2.67 bits per heavy atom. The Morgan fingerprint density at radius 2 is 2.06 bits per heavy atom. The van der Waals surface area contributed by atoms with E-state index in [0.29, 0.717) is 13.0 Å². The van der Waals surface area contributed by atoms with Crippen molar-refractivity contribution in [1.82, 2.24) is 4.57 Å². The molecule has 0 saturated carbocycles. The third-order valence-electron chi connectivity index (χ3n) is 2.53. The van der Waals surface area contributed by atoms with Crippen LogP contribution in [0.3, 0.4) is 0 Å². The van der Waals surface area contributed by atoms with E-state index in [0.717, 1.165) is 16.5 Å². The quantitative estimate of drug-likeness (QED) is 0.817. The lowest BCUT2D eigenvalue weighted by Crippen LogP contribution is -2.04. The fraction of sp³-hybridized carbons (Fsp3) is 0.286. The molecular weight excluding hydrogens is 292 g/mol. The fourth-order valence-corrected chi connectivity index (χ4v) is 1.92. The maximum atomic E-state index is 11.1. The normalized spacial score (nSPS) is 9.44. The Labute approximate surface area is 115 Å². The maximum Gasteiger partial charge on any atom is 0.149 e. The van der Waals surface area contributed by atoms with Crippen molar-refractivity contribution in [2.24, 2.45) is 0 Å². The fourth-order valence-electron chi connectivity index (χ4n) is 1.92. The summed E-state index contributed by atoms with van der Waals surface area (Å²) < 4.78 is 1.91. The molecule has 0 fully saturated rings. The van der Waals surface area contributed by atoms with Crippen molar-refractivity contribution in [1.29, 1.82) is 5.26 Å². The summed E-state index contributed by atoms with van der Waals surface area (Å²) in [6.45, 7) is 1.94. The van der Waals surface area contributed by atoms with Gasteiger partial charge in [-0.1, -0.05) is 34.1 Å². The predicted molar refractivity (Wildman–Crippen MR) is 76.8 cm³/mol. The average molecular weight is 307 g/mol. The van der Waals surface area contributed by atoms with Crippen molar-refractivity contribution in [2.45, 2.75) is 19.9 Å². The maximum absolute atomic E-state index is 11.1. The first-order valence-electron chi connectivity index (χ1n) is 5.53. The van der Waals surface area contributed by atoms with Gasteiger partial charge in [-0.3, -0.25) is 4.79 Å². The molecule has 1 aromatic heterocycles. The minimum absolute atomic E-state index is 0.115. The molecule has 0 aliphatic heterocycles. The molecule has 1 heterocycles. The van der Waals surface area contributed by atoms with E-state index in [1.165, 1.54) is 0 Å². The SMILES string of the molecule is CBr.CC(=O)Cn1cc(CC#N)c2ccccc21. The van der Waals surface area contributed by atoms with Gasteiger partial charge in [-0.2, -0.15) is 5.26 Å². The Morgan fingerprint density at radius 1 is 1.39 bits per heavy atom. The zero-order valence-electron chi connectivity index (χ0n) is 10.5. The van der Waals surface area contributed by atoms with Gasteiger partial charge >= 0.3 is 0 Å². The molecule has 94 valence electrons. The molecule has 0 atom stereocenters. The lowest BCUT2D eigenvalue weighted by Gasteiger charge is -2.00. The molecule has 0 amide bonds. The zero-order chi connectivity index (χ0) is 13.5. The lowest BCUT2D eigenvalue weighted by atomic mass is 10.1. The molecule has 0 aliphatic carbocycles. The van der Waals surface area contributed by atoms with Crippen LogP contribution in [-0.2, 0) is 17.8 Å². The molecule has 0 bridgehead atoms. The smallest absolute Gasteiger partial charge is 0.149 e. The van der Waals surface area contributed by atoms with E-state index >= 15 is 0 Å². The molecule has 1 aromatic carbocycles. The largest absolute Gasteiger partial charge is 0.340 e. The zero-order valence-corrected chi connectivity index (χ0v) is 12.1. The summed E-state index contributed by atoms with van der Waals surface area (Å²) in [5.74, 6) is 1.93. The van der Waals surface area contributed by atoms with Crippen molar-refractivity contribution in [3.8, 4) is 6.07 Å². The number of carbonyl (C=O) groups is 1. The third-order valence-corrected chi connectivity index (χ3v) is 2.53. The number of para-hydroxylation sites is 1. The molecule has 0 aliphatic rings. The van der Waals surface area contributed by atoms with E-state index in [1.54, 1.807) is 6.92 Å². The van der Waals surface area contributed by atoms with Gasteiger partial charge < -0.3 is 4.57 Å².